The summed E-state index contributed by atoms with van der Waals surface area (Å²) in [5, 5.41) is 0. The number of aryl methyl sites for hydroxylation is 1. The fourth-order valence-corrected chi connectivity index (χ4v) is 3.17. The lowest BCUT2D eigenvalue weighted by atomic mass is 9.79. The van der Waals surface area contributed by atoms with E-state index in [1.54, 1.807) is 0 Å². The van der Waals surface area contributed by atoms with Gasteiger partial charge >= 0.3 is 0 Å². The average molecular weight is 243 g/mol. The maximum atomic E-state index is 4.19. The molecule has 1 heteroatoms. The van der Waals surface area contributed by atoms with Crippen molar-refractivity contribution in [1.29, 1.82) is 0 Å². The molecule has 1 heterocycles. The molecule has 1 nitrogen and oxygen atoms in total. The minimum absolute atomic E-state index is 0.210. The molecule has 1 aliphatic rings. The third-order valence-corrected chi connectivity index (χ3v) is 3.97. The Kier molecular flexibility index (Phi) is 3.27. The molecule has 0 spiro atoms. The molecule has 98 valence electrons. The van der Waals surface area contributed by atoms with Gasteiger partial charge in [-0.2, -0.15) is 0 Å². The first-order chi connectivity index (χ1) is 8.32. The normalized spacial score (nSPS) is 16.5. The fourth-order valence-electron chi connectivity index (χ4n) is 3.17. The van der Waals surface area contributed by atoms with Crippen LogP contribution in [0.4, 0.5) is 5.69 Å². The van der Waals surface area contributed by atoms with Crippen molar-refractivity contribution in [2.75, 3.05) is 11.9 Å². The van der Waals surface area contributed by atoms with Gasteiger partial charge in [0.15, 0.2) is 0 Å². The zero-order chi connectivity index (χ0) is 13.5. The second-order valence-corrected chi connectivity index (χ2v) is 6.48. The second-order valence-electron chi connectivity index (χ2n) is 6.48. The minimum Gasteiger partial charge on any atom is -0.349 e. The van der Waals surface area contributed by atoms with Crippen LogP contribution < -0.4 is 4.90 Å². The average Bonchev–Trinajstić information content (AvgIpc) is 2.38. The summed E-state index contributed by atoms with van der Waals surface area (Å²) in [5.41, 5.74) is 7.28. The Morgan fingerprint density at radius 1 is 1.17 bits per heavy atom. The molecule has 0 saturated heterocycles. The molecular weight excluding hydrogens is 218 g/mol. The van der Waals surface area contributed by atoms with E-state index in [1.165, 1.54) is 40.9 Å². The number of hydrogen-bond acceptors (Lipinski definition) is 1. The maximum Gasteiger partial charge on any atom is 0.0441 e. The third kappa shape index (κ3) is 2.19. The lowest BCUT2D eigenvalue weighted by molar-refractivity contribution is 0.577. The van der Waals surface area contributed by atoms with Gasteiger partial charge in [-0.05, 0) is 54.4 Å². The van der Waals surface area contributed by atoms with E-state index in [-0.39, 0.29) is 5.41 Å². The summed E-state index contributed by atoms with van der Waals surface area (Å²) in [4.78, 5) is 2.27. The fraction of sp³-hybridized carbons (Fsp3) is 0.529. The van der Waals surface area contributed by atoms with Crippen molar-refractivity contribution < 1.29 is 0 Å². The van der Waals surface area contributed by atoms with Gasteiger partial charge in [-0.3, -0.25) is 0 Å². The zero-order valence-electron chi connectivity index (χ0n) is 12.4. The Labute approximate surface area is 112 Å². The molecule has 0 N–H and O–H groups in total. The predicted octanol–water partition coefficient (Wildman–Crippen LogP) is 4.58. The molecular formula is C17H25N. The molecule has 1 aliphatic heterocycles. The first-order valence-corrected chi connectivity index (χ1v) is 6.87. The summed E-state index contributed by atoms with van der Waals surface area (Å²) in [6.45, 7) is 13.4. The van der Waals surface area contributed by atoms with Crippen molar-refractivity contribution in [3.63, 3.8) is 0 Å². The van der Waals surface area contributed by atoms with E-state index >= 15 is 0 Å². The molecule has 0 aromatic heterocycles. The summed E-state index contributed by atoms with van der Waals surface area (Å²) in [6, 6.07) is 4.52. The molecule has 0 amide bonds. The van der Waals surface area contributed by atoms with Gasteiger partial charge in [-0.1, -0.05) is 33.4 Å². The molecule has 0 atom stereocenters. The SMILES string of the molecule is C=C1CCCc2c(ccc(C)c2C(C)(C)C)N1C. The van der Waals surface area contributed by atoms with Gasteiger partial charge in [0.2, 0.25) is 0 Å². The van der Waals surface area contributed by atoms with Crippen LogP contribution in [0.3, 0.4) is 0 Å². The van der Waals surface area contributed by atoms with E-state index in [1.807, 2.05) is 0 Å². The summed E-state index contributed by atoms with van der Waals surface area (Å²) in [6.07, 6.45) is 3.49. The number of nitrogens with zero attached hydrogens (tertiary/aromatic N) is 1. The molecule has 2 rings (SSSR count). The molecule has 0 aliphatic carbocycles. The van der Waals surface area contributed by atoms with Crippen molar-refractivity contribution in [3.05, 3.63) is 41.1 Å². The lowest BCUT2D eigenvalue weighted by Crippen LogP contribution is -2.20. The number of fused-ring (bicyclic) bond motifs is 1. The predicted molar refractivity (Wildman–Crippen MR) is 80.4 cm³/mol. The Balaban J connectivity index is 2.67. The highest BCUT2D eigenvalue weighted by Crippen LogP contribution is 2.38. The Morgan fingerprint density at radius 2 is 1.83 bits per heavy atom. The van der Waals surface area contributed by atoms with Gasteiger partial charge in [0.1, 0.15) is 0 Å². The number of hydrogen-bond donors (Lipinski definition) is 0. The topological polar surface area (TPSA) is 3.24 Å². The van der Waals surface area contributed by atoms with E-state index < -0.39 is 0 Å². The van der Waals surface area contributed by atoms with E-state index in [0.29, 0.717) is 0 Å². The first-order valence-electron chi connectivity index (χ1n) is 6.87. The van der Waals surface area contributed by atoms with Gasteiger partial charge in [-0.25, -0.2) is 0 Å². The lowest BCUT2D eigenvalue weighted by Gasteiger charge is -2.29. The standard InChI is InChI=1S/C17H25N/c1-12-10-11-15-14(16(12)17(3,4)5)9-7-8-13(2)18(15)6/h10-11H,2,7-9H2,1,3-6H3. The molecule has 0 bridgehead atoms. The molecule has 1 aromatic rings. The highest BCUT2D eigenvalue weighted by Gasteiger charge is 2.25. The van der Waals surface area contributed by atoms with E-state index in [9.17, 15) is 0 Å². The third-order valence-electron chi connectivity index (χ3n) is 3.97. The van der Waals surface area contributed by atoms with Crippen LogP contribution in [0.2, 0.25) is 0 Å². The van der Waals surface area contributed by atoms with E-state index in [2.05, 4.69) is 58.4 Å². The van der Waals surface area contributed by atoms with Crippen LogP contribution in [-0.4, -0.2) is 7.05 Å². The van der Waals surface area contributed by atoms with Gasteiger partial charge in [0.25, 0.3) is 0 Å². The monoisotopic (exact) mass is 243 g/mol. The van der Waals surface area contributed by atoms with Crippen LogP contribution in [-0.2, 0) is 11.8 Å². The number of benzene rings is 1. The Morgan fingerprint density at radius 3 is 2.44 bits per heavy atom. The van der Waals surface area contributed by atoms with Crippen molar-refractivity contribution >= 4 is 5.69 Å². The van der Waals surface area contributed by atoms with Gasteiger partial charge in [0, 0.05) is 18.4 Å². The number of anilines is 1. The van der Waals surface area contributed by atoms with Crippen molar-refractivity contribution in [2.24, 2.45) is 0 Å². The Bertz CT molecular complexity index is 477. The van der Waals surface area contributed by atoms with Crippen LogP contribution in [0.15, 0.2) is 24.4 Å². The van der Waals surface area contributed by atoms with Crippen LogP contribution in [0.5, 0.6) is 0 Å². The quantitative estimate of drug-likeness (QED) is 0.644. The second kappa shape index (κ2) is 4.46. The molecule has 0 unspecified atom stereocenters. The first kappa shape index (κ1) is 13.2. The smallest absolute Gasteiger partial charge is 0.0441 e. The highest BCUT2D eigenvalue weighted by atomic mass is 15.1. The summed E-state index contributed by atoms with van der Waals surface area (Å²) < 4.78 is 0. The Hall–Kier alpha value is -1.24. The van der Waals surface area contributed by atoms with Crippen molar-refractivity contribution in [2.45, 2.75) is 52.4 Å². The minimum atomic E-state index is 0.210. The summed E-state index contributed by atoms with van der Waals surface area (Å²) in [5.74, 6) is 0. The highest BCUT2D eigenvalue weighted by molar-refractivity contribution is 5.63. The van der Waals surface area contributed by atoms with Crippen LogP contribution >= 0.6 is 0 Å². The number of rotatable bonds is 0. The molecule has 0 fully saturated rings. The van der Waals surface area contributed by atoms with Crippen LogP contribution in [0, 0.1) is 6.92 Å². The molecule has 0 radical (unpaired) electrons. The van der Waals surface area contributed by atoms with Gasteiger partial charge in [0.05, 0.1) is 0 Å². The van der Waals surface area contributed by atoms with Crippen molar-refractivity contribution in [1.82, 2.24) is 0 Å². The summed E-state index contributed by atoms with van der Waals surface area (Å²) in [7, 11) is 2.15. The molecule has 18 heavy (non-hydrogen) atoms. The van der Waals surface area contributed by atoms with Crippen LogP contribution in [0.25, 0.3) is 0 Å². The zero-order valence-corrected chi connectivity index (χ0v) is 12.4. The van der Waals surface area contributed by atoms with Gasteiger partial charge in [-0.15, -0.1) is 0 Å². The molecule has 0 saturated carbocycles. The number of allylic oxidation sites excluding steroid dienone is 1. The molecule has 1 aromatic carbocycles. The van der Waals surface area contributed by atoms with E-state index in [4.69, 9.17) is 0 Å². The largest absolute Gasteiger partial charge is 0.349 e. The maximum absolute atomic E-state index is 4.19. The van der Waals surface area contributed by atoms with Gasteiger partial charge < -0.3 is 4.90 Å². The van der Waals surface area contributed by atoms with Crippen LogP contribution in [0.1, 0.15) is 50.3 Å². The van der Waals surface area contributed by atoms with Crippen molar-refractivity contribution in [3.8, 4) is 0 Å². The summed E-state index contributed by atoms with van der Waals surface area (Å²) >= 11 is 0. The van der Waals surface area contributed by atoms with E-state index in [0.717, 1.165) is 6.42 Å².